The maximum atomic E-state index is 11.6. The average molecular weight is 186 g/mol. The molecule has 0 aromatic heterocycles. The standard InChI is InChI=1S/C9H15O2P/c1-5-9(3)8(2)6-7-12(4,10)11-9/h1,8H,6-7H2,2-4H3. The second-order valence-electron chi connectivity index (χ2n) is 3.77. The van der Waals surface area contributed by atoms with Crippen LogP contribution in [0.5, 0.6) is 0 Å². The highest BCUT2D eigenvalue weighted by atomic mass is 31.2. The SMILES string of the molecule is C#CC1(C)OP(C)(=O)CCC1C. The lowest BCUT2D eigenvalue weighted by molar-refractivity contribution is 0.0776. The van der Waals surface area contributed by atoms with Gasteiger partial charge in [-0.05, 0) is 19.3 Å². The molecule has 3 atom stereocenters. The largest absolute Gasteiger partial charge is 0.309 e. The molecule has 0 spiro atoms. The summed E-state index contributed by atoms with van der Waals surface area (Å²) in [6.07, 6.45) is 6.91. The van der Waals surface area contributed by atoms with Gasteiger partial charge in [-0.1, -0.05) is 12.8 Å². The van der Waals surface area contributed by atoms with Crippen molar-refractivity contribution >= 4 is 7.37 Å². The van der Waals surface area contributed by atoms with Gasteiger partial charge in [-0.25, -0.2) is 0 Å². The van der Waals surface area contributed by atoms with Crippen molar-refractivity contribution in [2.45, 2.75) is 25.9 Å². The van der Waals surface area contributed by atoms with E-state index in [-0.39, 0.29) is 0 Å². The molecule has 0 N–H and O–H groups in total. The van der Waals surface area contributed by atoms with Crippen molar-refractivity contribution in [3.63, 3.8) is 0 Å². The minimum atomic E-state index is -2.40. The molecule has 0 aromatic carbocycles. The maximum Gasteiger partial charge on any atom is 0.201 e. The molecule has 0 saturated carbocycles. The monoisotopic (exact) mass is 186 g/mol. The summed E-state index contributed by atoms with van der Waals surface area (Å²) in [7, 11) is -2.40. The zero-order chi connectivity index (χ0) is 9.41. The van der Waals surface area contributed by atoms with Crippen molar-refractivity contribution in [3.05, 3.63) is 0 Å². The summed E-state index contributed by atoms with van der Waals surface area (Å²) in [6.45, 7) is 5.54. The van der Waals surface area contributed by atoms with Crippen molar-refractivity contribution in [3.8, 4) is 12.3 Å². The fourth-order valence-electron chi connectivity index (χ4n) is 1.41. The van der Waals surface area contributed by atoms with Crippen LogP contribution in [0.15, 0.2) is 0 Å². The Labute approximate surface area is 74.1 Å². The number of rotatable bonds is 0. The van der Waals surface area contributed by atoms with E-state index in [2.05, 4.69) is 5.92 Å². The van der Waals surface area contributed by atoms with E-state index in [9.17, 15) is 4.57 Å². The lowest BCUT2D eigenvalue weighted by Crippen LogP contribution is -2.37. The Bertz CT molecular complexity index is 266. The quantitative estimate of drug-likeness (QED) is 0.428. The molecule has 1 heterocycles. The van der Waals surface area contributed by atoms with E-state index in [1.54, 1.807) is 6.66 Å². The van der Waals surface area contributed by atoms with Gasteiger partial charge in [-0.2, -0.15) is 0 Å². The van der Waals surface area contributed by atoms with E-state index in [1.165, 1.54) is 0 Å². The van der Waals surface area contributed by atoms with Gasteiger partial charge in [-0.15, -0.1) is 6.42 Å². The van der Waals surface area contributed by atoms with Gasteiger partial charge in [0.25, 0.3) is 0 Å². The van der Waals surface area contributed by atoms with Crippen LogP contribution in [-0.4, -0.2) is 18.4 Å². The molecule has 0 radical (unpaired) electrons. The molecule has 1 aliphatic rings. The molecule has 1 fully saturated rings. The van der Waals surface area contributed by atoms with Gasteiger partial charge in [0.05, 0.1) is 0 Å². The molecule has 68 valence electrons. The van der Waals surface area contributed by atoms with Crippen LogP contribution in [0, 0.1) is 18.3 Å². The number of hydrogen-bond acceptors (Lipinski definition) is 2. The van der Waals surface area contributed by atoms with Gasteiger partial charge in [0, 0.05) is 12.8 Å². The zero-order valence-electron chi connectivity index (χ0n) is 7.83. The molecule has 1 aliphatic heterocycles. The van der Waals surface area contributed by atoms with Crippen LogP contribution in [0.2, 0.25) is 0 Å². The third-order valence-corrected chi connectivity index (χ3v) is 4.41. The Morgan fingerprint density at radius 1 is 1.75 bits per heavy atom. The van der Waals surface area contributed by atoms with Gasteiger partial charge in [-0.3, -0.25) is 4.57 Å². The Kier molecular flexibility index (Phi) is 2.38. The van der Waals surface area contributed by atoms with Gasteiger partial charge < -0.3 is 4.52 Å². The van der Waals surface area contributed by atoms with Crippen LogP contribution in [-0.2, 0) is 9.09 Å². The van der Waals surface area contributed by atoms with Crippen molar-refractivity contribution < 1.29 is 9.09 Å². The fourth-order valence-corrected chi connectivity index (χ4v) is 3.39. The summed E-state index contributed by atoms with van der Waals surface area (Å²) < 4.78 is 17.1. The van der Waals surface area contributed by atoms with Crippen LogP contribution in [0.3, 0.4) is 0 Å². The molecular weight excluding hydrogens is 171 g/mol. The van der Waals surface area contributed by atoms with Crippen LogP contribution < -0.4 is 0 Å². The van der Waals surface area contributed by atoms with E-state index in [0.717, 1.165) is 6.42 Å². The second-order valence-corrected chi connectivity index (χ2v) is 6.43. The first-order valence-electron chi connectivity index (χ1n) is 4.15. The highest BCUT2D eigenvalue weighted by molar-refractivity contribution is 7.58. The summed E-state index contributed by atoms with van der Waals surface area (Å²) in [5, 5.41) is 0. The van der Waals surface area contributed by atoms with Gasteiger partial charge >= 0.3 is 0 Å². The van der Waals surface area contributed by atoms with E-state index in [1.807, 2.05) is 13.8 Å². The minimum Gasteiger partial charge on any atom is -0.309 e. The summed E-state index contributed by atoms with van der Waals surface area (Å²) in [6, 6.07) is 0. The minimum absolute atomic E-state index is 0.296. The molecule has 1 rings (SSSR count). The normalized spacial score (nSPS) is 48.3. The van der Waals surface area contributed by atoms with E-state index >= 15 is 0 Å². The molecular formula is C9H15O2P. The fraction of sp³-hybridized carbons (Fsp3) is 0.778. The molecule has 2 nitrogen and oxygen atoms in total. The predicted octanol–water partition coefficient (Wildman–Crippen LogP) is 2.34. The van der Waals surface area contributed by atoms with Crippen molar-refractivity contribution in [2.75, 3.05) is 12.8 Å². The molecule has 12 heavy (non-hydrogen) atoms. The molecule has 0 aliphatic carbocycles. The molecule has 3 heteroatoms. The van der Waals surface area contributed by atoms with Gasteiger partial charge in [0.15, 0.2) is 0 Å². The van der Waals surface area contributed by atoms with Crippen LogP contribution >= 0.6 is 7.37 Å². The van der Waals surface area contributed by atoms with Crippen LogP contribution in [0.25, 0.3) is 0 Å². The number of terminal acetylenes is 1. The summed E-state index contributed by atoms with van der Waals surface area (Å²) in [5.74, 6) is 2.89. The first-order valence-corrected chi connectivity index (χ1v) is 6.40. The molecule has 0 amide bonds. The molecule has 0 aromatic rings. The Hall–Kier alpha value is -0.250. The molecule has 1 saturated heterocycles. The highest BCUT2D eigenvalue weighted by Gasteiger charge is 2.40. The third kappa shape index (κ3) is 1.73. The zero-order valence-corrected chi connectivity index (χ0v) is 8.73. The molecule has 3 unspecified atom stereocenters. The Morgan fingerprint density at radius 2 is 2.33 bits per heavy atom. The maximum absolute atomic E-state index is 11.6. The van der Waals surface area contributed by atoms with E-state index in [4.69, 9.17) is 10.9 Å². The first-order chi connectivity index (χ1) is 5.40. The van der Waals surface area contributed by atoms with Crippen molar-refractivity contribution in [2.24, 2.45) is 5.92 Å². The smallest absolute Gasteiger partial charge is 0.201 e. The lowest BCUT2D eigenvalue weighted by Gasteiger charge is -2.38. The highest BCUT2D eigenvalue weighted by Crippen LogP contribution is 2.54. The first kappa shape index (κ1) is 9.84. The van der Waals surface area contributed by atoms with Crippen LogP contribution in [0.1, 0.15) is 20.3 Å². The number of hydrogen-bond donors (Lipinski definition) is 0. The second kappa shape index (κ2) is 2.91. The van der Waals surface area contributed by atoms with E-state index < -0.39 is 13.0 Å². The average Bonchev–Trinajstić information content (AvgIpc) is 1.97. The lowest BCUT2D eigenvalue weighted by atomic mass is 9.89. The predicted molar refractivity (Wildman–Crippen MR) is 50.5 cm³/mol. The Morgan fingerprint density at radius 3 is 2.75 bits per heavy atom. The topological polar surface area (TPSA) is 26.3 Å². The summed E-state index contributed by atoms with van der Waals surface area (Å²) >= 11 is 0. The summed E-state index contributed by atoms with van der Waals surface area (Å²) in [5.41, 5.74) is -0.622. The van der Waals surface area contributed by atoms with Crippen molar-refractivity contribution in [1.82, 2.24) is 0 Å². The van der Waals surface area contributed by atoms with Gasteiger partial charge in [0.2, 0.25) is 7.37 Å². The third-order valence-electron chi connectivity index (χ3n) is 2.58. The Balaban J connectivity index is 2.88. The molecule has 0 bridgehead atoms. The van der Waals surface area contributed by atoms with Gasteiger partial charge in [0.1, 0.15) is 5.60 Å². The van der Waals surface area contributed by atoms with Crippen LogP contribution in [0.4, 0.5) is 0 Å². The summed E-state index contributed by atoms with van der Waals surface area (Å²) in [4.78, 5) is 0. The van der Waals surface area contributed by atoms with E-state index in [0.29, 0.717) is 12.1 Å². The van der Waals surface area contributed by atoms with Crippen molar-refractivity contribution in [1.29, 1.82) is 0 Å².